The molecule has 1 aromatic carbocycles. The second-order valence-corrected chi connectivity index (χ2v) is 7.21. The van der Waals surface area contributed by atoms with Crippen molar-refractivity contribution in [1.82, 2.24) is 0 Å². The van der Waals surface area contributed by atoms with Crippen LogP contribution in [0.25, 0.3) is 0 Å². The van der Waals surface area contributed by atoms with Crippen LogP contribution in [0.4, 0.5) is 5.69 Å². The van der Waals surface area contributed by atoms with Crippen molar-refractivity contribution in [3.8, 4) is 0 Å². The minimum atomic E-state index is -0.0492. The lowest BCUT2D eigenvalue weighted by Crippen LogP contribution is -2.13. The zero-order valence-electron chi connectivity index (χ0n) is 11.2. The van der Waals surface area contributed by atoms with Crippen LogP contribution in [0, 0.1) is 6.92 Å². The Morgan fingerprint density at radius 3 is 2.58 bits per heavy atom. The molecule has 0 bridgehead atoms. The van der Waals surface area contributed by atoms with Crippen LogP contribution in [0.3, 0.4) is 0 Å². The SMILES string of the molecule is Cc1cccc(C(C)C)c1NC(=O)c1ccc(Br)s1. The molecule has 100 valence electrons. The van der Waals surface area contributed by atoms with Crippen molar-refractivity contribution in [2.24, 2.45) is 0 Å². The molecule has 2 aromatic rings. The van der Waals surface area contributed by atoms with Crippen LogP contribution < -0.4 is 5.32 Å². The van der Waals surface area contributed by atoms with E-state index in [0.717, 1.165) is 15.0 Å². The minimum absolute atomic E-state index is 0.0492. The van der Waals surface area contributed by atoms with Crippen molar-refractivity contribution in [2.45, 2.75) is 26.7 Å². The molecule has 0 radical (unpaired) electrons. The summed E-state index contributed by atoms with van der Waals surface area (Å²) >= 11 is 4.82. The zero-order valence-corrected chi connectivity index (χ0v) is 13.6. The Morgan fingerprint density at radius 2 is 2.00 bits per heavy atom. The van der Waals surface area contributed by atoms with Crippen LogP contribution in [0.5, 0.6) is 0 Å². The molecule has 2 nitrogen and oxygen atoms in total. The normalized spacial score (nSPS) is 10.8. The summed E-state index contributed by atoms with van der Waals surface area (Å²) in [4.78, 5) is 12.9. The Morgan fingerprint density at radius 1 is 1.26 bits per heavy atom. The molecule has 2 rings (SSSR count). The highest BCUT2D eigenvalue weighted by Crippen LogP contribution is 2.29. The first-order chi connectivity index (χ1) is 8.99. The maximum absolute atomic E-state index is 12.2. The average molecular weight is 338 g/mol. The van der Waals surface area contributed by atoms with E-state index in [1.807, 2.05) is 31.2 Å². The summed E-state index contributed by atoms with van der Waals surface area (Å²) in [7, 11) is 0. The molecule has 0 aliphatic heterocycles. The number of nitrogens with one attached hydrogen (secondary N) is 1. The monoisotopic (exact) mass is 337 g/mol. The summed E-state index contributed by atoms with van der Waals surface area (Å²) in [5, 5.41) is 3.04. The largest absolute Gasteiger partial charge is 0.321 e. The molecule has 0 atom stereocenters. The third-order valence-electron chi connectivity index (χ3n) is 2.96. The van der Waals surface area contributed by atoms with E-state index in [1.165, 1.54) is 16.9 Å². The van der Waals surface area contributed by atoms with Gasteiger partial charge >= 0.3 is 0 Å². The molecule has 0 saturated carbocycles. The summed E-state index contributed by atoms with van der Waals surface area (Å²) < 4.78 is 0.964. The minimum Gasteiger partial charge on any atom is -0.321 e. The molecule has 1 amide bonds. The van der Waals surface area contributed by atoms with Gasteiger partial charge in [-0.3, -0.25) is 4.79 Å². The number of hydrogen-bond donors (Lipinski definition) is 1. The molecular formula is C15H16BrNOS. The lowest BCUT2D eigenvalue weighted by Gasteiger charge is -2.16. The highest BCUT2D eigenvalue weighted by Gasteiger charge is 2.14. The summed E-state index contributed by atoms with van der Waals surface area (Å²) in [6, 6.07) is 9.84. The van der Waals surface area contributed by atoms with E-state index in [0.29, 0.717) is 10.8 Å². The van der Waals surface area contributed by atoms with E-state index in [2.05, 4.69) is 41.2 Å². The predicted octanol–water partition coefficient (Wildman–Crippen LogP) is 5.19. The number of aryl methyl sites for hydroxylation is 1. The van der Waals surface area contributed by atoms with E-state index in [1.54, 1.807) is 0 Å². The molecule has 1 N–H and O–H groups in total. The third kappa shape index (κ3) is 3.25. The average Bonchev–Trinajstić information content (AvgIpc) is 2.78. The first kappa shape index (κ1) is 14.3. The van der Waals surface area contributed by atoms with Crippen LogP contribution in [0.2, 0.25) is 0 Å². The topological polar surface area (TPSA) is 29.1 Å². The molecule has 4 heteroatoms. The Bertz CT molecular complexity index is 604. The number of anilines is 1. The number of amides is 1. The van der Waals surface area contributed by atoms with Gasteiger partial charge in [0.2, 0.25) is 0 Å². The number of halogens is 1. The number of carbonyl (C=O) groups is 1. The molecule has 0 spiro atoms. The predicted molar refractivity (Wildman–Crippen MR) is 85.2 cm³/mol. The molecule has 1 aromatic heterocycles. The van der Waals surface area contributed by atoms with Gasteiger partial charge in [0.15, 0.2) is 0 Å². The second-order valence-electron chi connectivity index (χ2n) is 4.75. The van der Waals surface area contributed by atoms with Crippen LogP contribution in [0.1, 0.15) is 40.6 Å². The van der Waals surface area contributed by atoms with Gasteiger partial charge in [-0.05, 0) is 52.0 Å². The second kappa shape index (κ2) is 5.88. The van der Waals surface area contributed by atoms with Gasteiger partial charge in [-0.1, -0.05) is 32.0 Å². The van der Waals surface area contributed by atoms with E-state index in [9.17, 15) is 4.79 Å². The first-order valence-corrected chi connectivity index (χ1v) is 7.76. The quantitative estimate of drug-likeness (QED) is 0.819. The van der Waals surface area contributed by atoms with Gasteiger partial charge < -0.3 is 5.32 Å². The van der Waals surface area contributed by atoms with E-state index < -0.39 is 0 Å². The maximum atomic E-state index is 12.2. The Hall–Kier alpha value is -1.13. The molecule has 0 saturated heterocycles. The van der Waals surface area contributed by atoms with Gasteiger partial charge in [0, 0.05) is 5.69 Å². The van der Waals surface area contributed by atoms with Gasteiger partial charge in [-0.2, -0.15) is 0 Å². The first-order valence-electron chi connectivity index (χ1n) is 6.15. The van der Waals surface area contributed by atoms with Gasteiger partial charge in [0.05, 0.1) is 8.66 Å². The number of carbonyl (C=O) groups excluding carboxylic acids is 1. The zero-order chi connectivity index (χ0) is 14.0. The van der Waals surface area contributed by atoms with Crippen molar-refractivity contribution in [2.75, 3.05) is 5.32 Å². The van der Waals surface area contributed by atoms with Gasteiger partial charge in [0.25, 0.3) is 5.91 Å². The number of rotatable bonds is 3. The highest BCUT2D eigenvalue weighted by atomic mass is 79.9. The smallest absolute Gasteiger partial charge is 0.265 e. The van der Waals surface area contributed by atoms with Gasteiger partial charge in [-0.25, -0.2) is 0 Å². The van der Waals surface area contributed by atoms with Crippen molar-refractivity contribution in [1.29, 1.82) is 0 Å². The molecule has 0 aliphatic rings. The molecule has 0 fully saturated rings. The fraction of sp³-hybridized carbons (Fsp3) is 0.267. The van der Waals surface area contributed by atoms with E-state index >= 15 is 0 Å². The van der Waals surface area contributed by atoms with Crippen molar-refractivity contribution < 1.29 is 4.79 Å². The standard InChI is InChI=1S/C15H16BrNOS/c1-9(2)11-6-4-5-10(3)14(11)17-15(18)12-7-8-13(16)19-12/h4-9H,1-3H3,(H,17,18). The van der Waals surface area contributed by atoms with Crippen molar-refractivity contribution in [3.63, 3.8) is 0 Å². The van der Waals surface area contributed by atoms with E-state index in [4.69, 9.17) is 0 Å². The molecule has 0 unspecified atom stereocenters. The van der Waals surface area contributed by atoms with E-state index in [-0.39, 0.29) is 5.91 Å². The van der Waals surface area contributed by atoms with Crippen molar-refractivity contribution in [3.05, 3.63) is 50.1 Å². The lowest BCUT2D eigenvalue weighted by molar-refractivity contribution is 0.103. The van der Waals surface area contributed by atoms with Gasteiger partial charge in [-0.15, -0.1) is 11.3 Å². The summed E-state index contributed by atoms with van der Waals surface area (Å²) in [6.07, 6.45) is 0. The molecule has 19 heavy (non-hydrogen) atoms. The molecular weight excluding hydrogens is 322 g/mol. The fourth-order valence-electron chi connectivity index (χ4n) is 1.95. The summed E-state index contributed by atoms with van der Waals surface area (Å²) in [5.74, 6) is 0.331. The highest BCUT2D eigenvalue weighted by molar-refractivity contribution is 9.11. The van der Waals surface area contributed by atoms with Crippen LogP contribution in [-0.2, 0) is 0 Å². The Balaban J connectivity index is 2.31. The molecule has 0 aliphatic carbocycles. The van der Waals surface area contributed by atoms with Crippen molar-refractivity contribution >= 4 is 38.9 Å². The molecule has 1 heterocycles. The fourth-order valence-corrected chi connectivity index (χ4v) is 3.24. The number of thiophene rings is 1. The van der Waals surface area contributed by atoms with Crippen LogP contribution >= 0.6 is 27.3 Å². The Labute approximate surface area is 126 Å². The number of hydrogen-bond acceptors (Lipinski definition) is 2. The number of para-hydroxylation sites is 1. The lowest BCUT2D eigenvalue weighted by atomic mass is 9.98. The van der Waals surface area contributed by atoms with Gasteiger partial charge in [0.1, 0.15) is 0 Å². The summed E-state index contributed by atoms with van der Waals surface area (Å²) in [5.41, 5.74) is 3.20. The Kier molecular flexibility index (Phi) is 4.42. The number of benzene rings is 1. The maximum Gasteiger partial charge on any atom is 0.265 e. The van der Waals surface area contributed by atoms with Crippen LogP contribution in [0.15, 0.2) is 34.1 Å². The third-order valence-corrected chi connectivity index (χ3v) is 4.58. The van der Waals surface area contributed by atoms with Crippen LogP contribution in [-0.4, -0.2) is 5.91 Å². The summed E-state index contributed by atoms with van der Waals surface area (Å²) in [6.45, 7) is 6.28.